The second kappa shape index (κ2) is 11.2. The van der Waals surface area contributed by atoms with E-state index in [1.165, 1.54) is 6.92 Å². The molecule has 1 saturated heterocycles. The lowest BCUT2D eigenvalue weighted by molar-refractivity contribution is -0.114. The average Bonchev–Trinajstić information content (AvgIpc) is 3.58. The molecule has 0 aromatic carbocycles. The Morgan fingerprint density at radius 2 is 2.00 bits per heavy atom. The van der Waals surface area contributed by atoms with Crippen LogP contribution in [0.4, 0.5) is 22.0 Å². The lowest BCUT2D eigenvalue weighted by Crippen LogP contribution is -2.26. The zero-order valence-corrected chi connectivity index (χ0v) is 23.6. The van der Waals surface area contributed by atoms with Crippen LogP contribution in [0.15, 0.2) is 36.7 Å². The highest BCUT2D eigenvalue weighted by Crippen LogP contribution is 2.30. The molecule has 5 rings (SSSR count). The van der Waals surface area contributed by atoms with E-state index in [9.17, 15) is 9.18 Å². The topological polar surface area (TPSA) is 115 Å². The van der Waals surface area contributed by atoms with Gasteiger partial charge in [0.25, 0.3) is 0 Å². The Bertz CT molecular complexity index is 1510. The summed E-state index contributed by atoms with van der Waals surface area (Å²) in [5.74, 6) is 3.01. The van der Waals surface area contributed by atoms with Gasteiger partial charge in [0.15, 0.2) is 11.5 Å². The maximum absolute atomic E-state index is 12.8. The number of imidazole rings is 1. The Morgan fingerprint density at radius 1 is 1.18 bits per heavy atom. The molecule has 1 aliphatic rings. The summed E-state index contributed by atoms with van der Waals surface area (Å²) in [7, 11) is 1.91. The number of hydrogen-bond donors (Lipinski definition) is 2. The van der Waals surface area contributed by atoms with Gasteiger partial charge in [0, 0.05) is 69.1 Å². The molecular formula is C28H36FN9O2. The number of nitrogens with zero attached hydrogens (tertiary/aromatic N) is 7. The van der Waals surface area contributed by atoms with Gasteiger partial charge in [-0.2, -0.15) is 10.1 Å². The number of fused-ring (bicyclic) bond motifs is 1. The van der Waals surface area contributed by atoms with Gasteiger partial charge in [0.05, 0.1) is 11.7 Å². The first-order valence-electron chi connectivity index (χ1n) is 13.5. The number of nitrogens with one attached hydrogen (secondary N) is 2. The lowest BCUT2D eigenvalue weighted by Gasteiger charge is -2.22. The summed E-state index contributed by atoms with van der Waals surface area (Å²) in [4.78, 5) is 26.8. The van der Waals surface area contributed by atoms with Gasteiger partial charge in [0.2, 0.25) is 11.9 Å². The fourth-order valence-corrected chi connectivity index (χ4v) is 5.04. The molecule has 2 N–H and O–H groups in total. The molecule has 12 heteroatoms. The number of carbonyl (C=O) groups excluding carboxylic acids is 1. The van der Waals surface area contributed by atoms with Crippen LogP contribution >= 0.6 is 0 Å². The highest BCUT2D eigenvalue weighted by molar-refractivity contribution is 5.87. The van der Waals surface area contributed by atoms with Crippen molar-refractivity contribution in [1.82, 2.24) is 34.2 Å². The number of anilines is 3. The Morgan fingerprint density at radius 3 is 2.75 bits per heavy atom. The summed E-state index contributed by atoms with van der Waals surface area (Å²) in [5, 5.41) is 10.9. The number of aryl methyl sites for hydroxylation is 1. The molecule has 1 aliphatic heterocycles. The molecule has 0 radical (unpaired) electrons. The van der Waals surface area contributed by atoms with Crippen LogP contribution in [0.25, 0.3) is 11.2 Å². The first-order chi connectivity index (χ1) is 19.1. The van der Waals surface area contributed by atoms with E-state index in [1.807, 2.05) is 17.7 Å². The summed E-state index contributed by atoms with van der Waals surface area (Å²) < 4.78 is 22.8. The predicted molar refractivity (Wildman–Crippen MR) is 152 cm³/mol. The first-order valence-corrected chi connectivity index (χ1v) is 13.5. The smallest absolute Gasteiger partial charge is 0.222 e. The number of carbonyl (C=O) groups is 1. The molecule has 1 fully saturated rings. The third-order valence-corrected chi connectivity index (χ3v) is 6.97. The van der Waals surface area contributed by atoms with Gasteiger partial charge in [-0.3, -0.25) is 9.48 Å². The minimum absolute atomic E-state index is 0.100. The molecule has 1 unspecified atom stereocenters. The Hall–Kier alpha value is -4.06. The second-order valence-electron chi connectivity index (χ2n) is 11.3. The van der Waals surface area contributed by atoms with Crippen molar-refractivity contribution in [2.75, 3.05) is 36.9 Å². The van der Waals surface area contributed by atoms with Gasteiger partial charge in [0.1, 0.15) is 24.0 Å². The molecule has 0 spiro atoms. The number of likely N-dealkylation sites (tertiary alicyclic amines) is 1. The fourth-order valence-electron chi connectivity index (χ4n) is 5.04. The molecule has 212 valence electrons. The Labute approximate surface area is 232 Å². The molecule has 0 bridgehead atoms. The molecule has 0 saturated carbocycles. The number of hydrogen-bond acceptors (Lipinski definition) is 8. The van der Waals surface area contributed by atoms with E-state index in [-0.39, 0.29) is 18.0 Å². The normalized spacial score (nSPS) is 16.0. The van der Waals surface area contributed by atoms with Crippen molar-refractivity contribution < 1.29 is 13.9 Å². The molecule has 4 aromatic heterocycles. The molecule has 1 amide bonds. The van der Waals surface area contributed by atoms with Gasteiger partial charge < -0.3 is 24.8 Å². The number of ether oxygens (including phenoxy) is 1. The van der Waals surface area contributed by atoms with Crippen LogP contribution in [0, 0.1) is 5.92 Å². The van der Waals surface area contributed by atoms with Crippen molar-refractivity contribution in [1.29, 1.82) is 0 Å². The van der Waals surface area contributed by atoms with Gasteiger partial charge in [-0.25, -0.2) is 14.4 Å². The highest BCUT2D eigenvalue weighted by atomic mass is 19.1. The van der Waals surface area contributed by atoms with Crippen LogP contribution in [0.5, 0.6) is 11.5 Å². The summed E-state index contributed by atoms with van der Waals surface area (Å²) >= 11 is 0. The quantitative estimate of drug-likeness (QED) is 0.310. The van der Waals surface area contributed by atoms with E-state index in [0.29, 0.717) is 47.2 Å². The van der Waals surface area contributed by atoms with E-state index in [0.717, 1.165) is 37.3 Å². The minimum atomic E-state index is -0.306. The zero-order chi connectivity index (χ0) is 28.4. The van der Waals surface area contributed by atoms with Crippen molar-refractivity contribution in [3.63, 3.8) is 0 Å². The van der Waals surface area contributed by atoms with Gasteiger partial charge in [-0.05, 0) is 24.9 Å². The largest absolute Gasteiger partial charge is 0.455 e. The highest BCUT2D eigenvalue weighted by Gasteiger charge is 2.27. The SMILES string of the molecule is CC(=O)Nc1cc(Oc2cnc3nc(Nc4cc(C(C)(C)C)n(CC5CCN(CCF)C5)n4)n(C)c3c2)ccn1. The van der Waals surface area contributed by atoms with Crippen LogP contribution in [0.1, 0.15) is 39.8 Å². The number of pyridine rings is 2. The van der Waals surface area contributed by atoms with Crippen molar-refractivity contribution >= 4 is 34.7 Å². The Balaban J connectivity index is 1.35. The third kappa shape index (κ3) is 6.22. The van der Waals surface area contributed by atoms with E-state index in [4.69, 9.17) is 9.84 Å². The molecule has 11 nitrogen and oxygen atoms in total. The van der Waals surface area contributed by atoms with E-state index < -0.39 is 0 Å². The standard InChI is InChI=1S/C28H36FN9O2/c1-18(39)32-24-13-20(6-9-30-24)40-21-12-22-26(31-15-21)34-27(36(22)5)33-25-14-23(28(2,3)4)38(35-25)17-19-7-10-37(16-19)11-8-29/h6,9,12-15,19H,7-8,10-11,16-17H2,1-5H3,(H,30,32,39)(H,31,33,34,35). The summed E-state index contributed by atoms with van der Waals surface area (Å²) in [6, 6.07) is 7.29. The second-order valence-corrected chi connectivity index (χ2v) is 11.3. The fraction of sp³-hybridized carbons (Fsp3) is 0.464. The maximum Gasteiger partial charge on any atom is 0.222 e. The van der Waals surface area contributed by atoms with Crippen LogP contribution in [0.3, 0.4) is 0 Å². The summed E-state index contributed by atoms with van der Waals surface area (Å²) in [6.45, 7) is 10.8. The summed E-state index contributed by atoms with van der Waals surface area (Å²) in [6.07, 6.45) is 4.22. The molecule has 0 aliphatic carbocycles. The van der Waals surface area contributed by atoms with Crippen molar-refractivity contribution in [2.45, 2.75) is 46.1 Å². The lowest BCUT2D eigenvalue weighted by atomic mass is 9.92. The van der Waals surface area contributed by atoms with E-state index >= 15 is 0 Å². The van der Waals surface area contributed by atoms with Crippen LogP contribution in [-0.4, -0.2) is 66.4 Å². The van der Waals surface area contributed by atoms with Crippen molar-refractivity contribution in [3.05, 3.63) is 42.4 Å². The maximum atomic E-state index is 12.8. The number of rotatable bonds is 9. The zero-order valence-electron chi connectivity index (χ0n) is 23.6. The molecular weight excluding hydrogens is 513 g/mol. The molecule has 40 heavy (non-hydrogen) atoms. The van der Waals surface area contributed by atoms with Crippen LogP contribution in [0.2, 0.25) is 0 Å². The van der Waals surface area contributed by atoms with E-state index in [1.54, 1.807) is 24.5 Å². The van der Waals surface area contributed by atoms with Crippen molar-refractivity contribution in [3.8, 4) is 11.5 Å². The molecule has 4 aromatic rings. The molecule has 5 heterocycles. The van der Waals surface area contributed by atoms with Gasteiger partial charge >= 0.3 is 0 Å². The third-order valence-electron chi connectivity index (χ3n) is 6.97. The van der Waals surface area contributed by atoms with Crippen molar-refractivity contribution in [2.24, 2.45) is 13.0 Å². The van der Waals surface area contributed by atoms with Crippen LogP contribution in [-0.2, 0) is 23.8 Å². The number of aromatic nitrogens is 6. The summed E-state index contributed by atoms with van der Waals surface area (Å²) in [5.41, 5.74) is 2.38. The number of halogens is 1. The average molecular weight is 550 g/mol. The first kappa shape index (κ1) is 27.5. The monoisotopic (exact) mass is 549 g/mol. The Kier molecular flexibility index (Phi) is 7.70. The molecule has 1 atom stereocenters. The van der Waals surface area contributed by atoms with Crippen LogP contribution < -0.4 is 15.4 Å². The minimum Gasteiger partial charge on any atom is -0.455 e. The van der Waals surface area contributed by atoms with Gasteiger partial charge in [-0.15, -0.1) is 0 Å². The predicted octanol–water partition coefficient (Wildman–Crippen LogP) is 4.64. The van der Waals surface area contributed by atoms with Gasteiger partial charge in [-0.1, -0.05) is 20.8 Å². The number of alkyl halides is 1. The number of amides is 1. The van der Waals surface area contributed by atoms with E-state index in [2.05, 4.69) is 62.0 Å².